The monoisotopic (exact) mass is 266 g/mol. The number of hydrogen-bond donors (Lipinski definition) is 1. The molecular weight excluding hydrogens is 244 g/mol. The Morgan fingerprint density at radius 3 is 2.42 bits per heavy atom. The van der Waals surface area contributed by atoms with Crippen LogP contribution < -0.4 is 0 Å². The Bertz CT molecular complexity index is 356. The molecule has 1 amide bonds. The highest BCUT2D eigenvalue weighted by Gasteiger charge is 2.23. The first kappa shape index (κ1) is 15.5. The first-order chi connectivity index (χ1) is 9.04. The summed E-state index contributed by atoms with van der Waals surface area (Å²) in [7, 11) is 1.80. The van der Waals surface area contributed by atoms with E-state index in [1.165, 1.54) is 11.3 Å². The number of carboxylic acid groups (broad SMARTS) is 1. The molecule has 1 fully saturated rings. The van der Waals surface area contributed by atoms with Gasteiger partial charge < -0.3 is 10.0 Å². The number of aliphatic carboxylic acids is 1. The minimum atomic E-state index is -0.969. The van der Waals surface area contributed by atoms with E-state index in [1.54, 1.807) is 11.9 Å². The van der Waals surface area contributed by atoms with Crippen LogP contribution in [0.2, 0.25) is 0 Å². The van der Waals surface area contributed by atoms with Crippen molar-refractivity contribution in [2.75, 3.05) is 26.7 Å². The Balaban J connectivity index is 2.50. The Hall–Kier alpha value is -1.54. The molecule has 0 atom stereocenters. The summed E-state index contributed by atoms with van der Waals surface area (Å²) in [5.74, 6) is 1.37. The number of carbonyl (C=O) groups is 2. The lowest BCUT2D eigenvalue weighted by atomic mass is 9.94. The second kappa shape index (κ2) is 7.80. The number of rotatable bonds is 6. The van der Waals surface area contributed by atoms with Crippen LogP contribution >= 0.6 is 0 Å². The van der Waals surface area contributed by atoms with Gasteiger partial charge in [-0.05, 0) is 12.8 Å². The van der Waals surface area contributed by atoms with Gasteiger partial charge in [-0.15, -0.1) is 6.42 Å². The minimum Gasteiger partial charge on any atom is -0.480 e. The Morgan fingerprint density at radius 1 is 1.26 bits per heavy atom. The third kappa shape index (κ3) is 5.31. The molecular formula is C14H22N2O3. The molecule has 0 aromatic rings. The van der Waals surface area contributed by atoms with Crippen molar-refractivity contribution >= 4 is 11.9 Å². The van der Waals surface area contributed by atoms with Crippen LogP contribution in [-0.4, -0.2) is 59.5 Å². The van der Waals surface area contributed by atoms with Gasteiger partial charge in [0.05, 0.1) is 19.6 Å². The average molecular weight is 266 g/mol. The van der Waals surface area contributed by atoms with E-state index in [4.69, 9.17) is 11.5 Å². The van der Waals surface area contributed by atoms with Gasteiger partial charge in [0, 0.05) is 13.1 Å². The predicted molar refractivity (Wildman–Crippen MR) is 72.6 cm³/mol. The molecule has 1 aliphatic carbocycles. The lowest BCUT2D eigenvalue weighted by Crippen LogP contribution is -2.45. The maximum Gasteiger partial charge on any atom is 0.317 e. The van der Waals surface area contributed by atoms with Crippen LogP contribution in [0.1, 0.15) is 32.1 Å². The summed E-state index contributed by atoms with van der Waals surface area (Å²) in [6.07, 6.45) is 10.8. The molecule has 0 saturated heterocycles. The molecule has 0 heterocycles. The fourth-order valence-electron chi connectivity index (χ4n) is 2.46. The summed E-state index contributed by atoms with van der Waals surface area (Å²) in [6.45, 7) is 0.0501. The lowest BCUT2D eigenvalue weighted by molar-refractivity contribution is -0.139. The van der Waals surface area contributed by atoms with E-state index in [1.807, 2.05) is 0 Å². The fourth-order valence-corrected chi connectivity index (χ4v) is 2.46. The second-order valence-corrected chi connectivity index (χ2v) is 5.04. The van der Waals surface area contributed by atoms with Crippen LogP contribution in [0.5, 0.6) is 0 Å². The van der Waals surface area contributed by atoms with Crippen LogP contribution in [0, 0.1) is 12.3 Å². The zero-order valence-electron chi connectivity index (χ0n) is 11.5. The van der Waals surface area contributed by atoms with Crippen molar-refractivity contribution in [2.24, 2.45) is 0 Å². The molecule has 1 N–H and O–H groups in total. The third-order valence-corrected chi connectivity index (χ3v) is 3.55. The second-order valence-electron chi connectivity index (χ2n) is 5.04. The molecule has 1 rings (SSSR count). The molecule has 0 aromatic heterocycles. The van der Waals surface area contributed by atoms with Crippen molar-refractivity contribution in [2.45, 2.75) is 38.1 Å². The van der Waals surface area contributed by atoms with Gasteiger partial charge in [0.15, 0.2) is 0 Å². The van der Waals surface area contributed by atoms with Gasteiger partial charge in [-0.25, -0.2) is 0 Å². The van der Waals surface area contributed by atoms with Crippen LogP contribution in [0.15, 0.2) is 0 Å². The summed E-state index contributed by atoms with van der Waals surface area (Å²) >= 11 is 0. The molecule has 0 unspecified atom stereocenters. The van der Waals surface area contributed by atoms with Crippen molar-refractivity contribution in [3.8, 4) is 12.3 Å². The standard InChI is InChI=1S/C14H22N2O3/c1-3-9-16(11-14(18)19)10-13(17)15(2)12-7-5-4-6-8-12/h1,12H,4-11H2,2H3,(H,18,19). The Labute approximate surface area is 114 Å². The Kier molecular flexibility index (Phi) is 6.37. The summed E-state index contributed by atoms with van der Waals surface area (Å²) in [4.78, 5) is 26.1. The molecule has 5 heteroatoms. The van der Waals surface area contributed by atoms with Gasteiger partial charge in [0.2, 0.25) is 5.91 Å². The third-order valence-electron chi connectivity index (χ3n) is 3.55. The van der Waals surface area contributed by atoms with Crippen molar-refractivity contribution < 1.29 is 14.7 Å². The van der Waals surface area contributed by atoms with Gasteiger partial charge in [-0.1, -0.05) is 25.2 Å². The maximum absolute atomic E-state index is 12.1. The topological polar surface area (TPSA) is 60.9 Å². The number of hydrogen-bond acceptors (Lipinski definition) is 3. The van der Waals surface area contributed by atoms with E-state index >= 15 is 0 Å². The van der Waals surface area contributed by atoms with Crippen LogP contribution in [0.25, 0.3) is 0 Å². The summed E-state index contributed by atoms with van der Waals surface area (Å²) in [5.41, 5.74) is 0. The SMILES string of the molecule is C#CCN(CC(=O)O)CC(=O)N(C)C1CCCCC1. The fraction of sp³-hybridized carbons (Fsp3) is 0.714. The molecule has 19 heavy (non-hydrogen) atoms. The van der Waals surface area contributed by atoms with E-state index in [2.05, 4.69) is 5.92 Å². The number of terminal acetylenes is 1. The number of likely N-dealkylation sites (N-methyl/N-ethyl adjacent to an activating group) is 1. The summed E-state index contributed by atoms with van der Waals surface area (Å²) in [6, 6.07) is 0.291. The first-order valence-electron chi connectivity index (χ1n) is 6.68. The van der Waals surface area contributed by atoms with Crippen molar-refractivity contribution in [3.63, 3.8) is 0 Å². The molecule has 0 radical (unpaired) electrons. The molecule has 1 aliphatic rings. The molecule has 0 aliphatic heterocycles. The largest absolute Gasteiger partial charge is 0.480 e. The van der Waals surface area contributed by atoms with Crippen molar-refractivity contribution in [1.82, 2.24) is 9.80 Å². The lowest BCUT2D eigenvalue weighted by Gasteiger charge is -2.32. The molecule has 106 valence electrons. The highest BCUT2D eigenvalue weighted by atomic mass is 16.4. The van der Waals surface area contributed by atoms with Gasteiger partial charge in [0.25, 0.3) is 0 Å². The van der Waals surface area contributed by atoms with Crippen LogP contribution in [-0.2, 0) is 9.59 Å². The summed E-state index contributed by atoms with van der Waals surface area (Å²) in [5, 5.41) is 8.78. The van der Waals surface area contributed by atoms with Crippen molar-refractivity contribution in [3.05, 3.63) is 0 Å². The smallest absolute Gasteiger partial charge is 0.317 e. The zero-order chi connectivity index (χ0) is 14.3. The van der Waals surface area contributed by atoms with E-state index in [-0.39, 0.29) is 25.5 Å². The normalized spacial score (nSPS) is 16.1. The number of carbonyl (C=O) groups excluding carboxylic acids is 1. The molecule has 1 saturated carbocycles. The van der Waals surface area contributed by atoms with Gasteiger partial charge >= 0.3 is 5.97 Å². The van der Waals surface area contributed by atoms with Gasteiger partial charge in [0.1, 0.15) is 0 Å². The zero-order valence-corrected chi connectivity index (χ0v) is 11.5. The predicted octanol–water partition coefficient (Wildman–Crippen LogP) is 0.797. The average Bonchev–Trinajstić information content (AvgIpc) is 2.38. The van der Waals surface area contributed by atoms with Gasteiger partial charge in [-0.3, -0.25) is 14.5 Å². The van der Waals surface area contributed by atoms with E-state index in [0.717, 1.165) is 25.7 Å². The number of amides is 1. The Morgan fingerprint density at radius 2 is 1.89 bits per heavy atom. The van der Waals surface area contributed by atoms with E-state index < -0.39 is 5.97 Å². The quantitative estimate of drug-likeness (QED) is 0.722. The highest BCUT2D eigenvalue weighted by Crippen LogP contribution is 2.21. The van der Waals surface area contributed by atoms with Gasteiger partial charge in [-0.2, -0.15) is 0 Å². The van der Waals surface area contributed by atoms with Crippen LogP contribution in [0.3, 0.4) is 0 Å². The molecule has 0 aromatic carbocycles. The highest BCUT2D eigenvalue weighted by molar-refractivity contribution is 5.79. The summed E-state index contributed by atoms with van der Waals surface area (Å²) < 4.78 is 0. The number of nitrogens with zero attached hydrogens (tertiary/aromatic N) is 2. The molecule has 5 nitrogen and oxygen atoms in total. The maximum atomic E-state index is 12.1. The van der Waals surface area contributed by atoms with E-state index in [9.17, 15) is 9.59 Å². The molecule has 0 spiro atoms. The number of carboxylic acids is 1. The van der Waals surface area contributed by atoms with Crippen LogP contribution in [0.4, 0.5) is 0 Å². The van der Waals surface area contributed by atoms with E-state index in [0.29, 0.717) is 6.04 Å². The minimum absolute atomic E-state index is 0.0524. The first-order valence-corrected chi connectivity index (χ1v) is 6.68. The molecule has 0 bridgehead atoms. The van der Waals surface area contributed by atoms with Crippen molar-refractivity contribution in [1.29, 1.82) is 0 Å².